The van der Waals surface area contributed by atoms with Gasteiger partial charge in [0.2, 0.25) is 47.3 Å². The second-order valence-electron chi connectivity index (χ2n) is 18.1. The van der Waals surface area contributed by atoms with Crippen molar-refractivity contribution >= 4 is 53.2 Å². The quantitative estimate of drug-likeness (QED) is 0.0585. The van der Waals surface area contributed by atoms with Crippen LogP contribution < -0.4 is 48.3 Å². The van der Waals surface area contributed by atoms with Gasteiger partial charge in [0, 0.05) is 6.42 Å². The van der Waals surface area contributed by atoms with Crippen LogP contribution in [-0.2, 0) is 49.6 Å². The fourth-order valence-corrected chi connectivity index (χ4v) is 6.49. The maximum absolute atomic E-state index is 13.9. The molecule has 0 aromatic heterocycles. The van der Waals surface area contributed by atoms with E-state index in [9.17, 15) is 48.3 Å². The van der Waals surface area contributed by atoms with Crippen LogP contribution in [-0.4, -0.2) is 113 Å². The molecule has 64 heavy (non-hydrogen) atoms. The van der Waals surface area contributed by atoms with Crippen LogP contribution >= 0.6 is 0 Å². The van der Waals surface area contributed by atoms with Gasteiger partial charge in [0.15, 0.2) is 0 Å². The maximum atomic E-state index is 13.9. The van der Waals surface area contributed by atoms with Crippen LogP contribution in [0.2, 0.25) is 0 Å². The van der Waals surface area contributed by atoms with Crippen molar-refractivity contribution in [1.29, 1.82) is 0 Å². The van der Waals surface area contributed by atoms with E-state index < -0.39 is 126 Å². The maximum Gasteiger partial charge on any atom is 0.326 e. The second kappa shape index (κ2) is 27.6. The molecule has 0 aliphatic heterocycles. The topological polar surface area (TPSA) is 296 Å². The highest BCUT2D eigenvalue weighted by Gasteiger charge is 2.34. The van der Waals surface area contributed by atoms with Crippen molar-refractivity contribution in [2.24, 2.45) is 35.3 Å². The predicted molar refractivity (Wildman–Crippen MR) is 242 cm³/mol. The molecule has 19 nitrogen and oxygen atoms in total. The molecule has 1 aromatic carbocycles. The largest absolute Gasteiger partial charge is 0.480 e. The van der Waals surface area contributed by atoms with E-state index >= 15 is 0 Å². The van der Waals surface area contributed by atoms with Gasteiger partial charge < -0.3 is 53.4 Å². The fraction of sp³-hybridized carbons (Fsp3) is 0.667. The van der Waals surface area contributed by atoms with Crippen molar-refractivity contribution in [3.63, 3.8) is 0 Å². The molecule has 0 unspecified atom stereocenters. The lowest BCUT2D eigenvalue weighted by Gasteiger charge is -2.29. The first-order chi connectivity index (χ1) is 29.8. The molecule has 11 N–H and O–H groups in total. The Labute approximate surface area is 378 Å². The molecule has 0 saturated heterocycles. The monoisotopic (exact) mass is 902 g/mol. The van der Waals surface area contributed by atoms with Crippen molar-refractivity contribution in [1.82, 2.24) is 42.5 Å². The number of hydrogen-bond acceptors (Lipinski definition) is 10. The first-order valence-electron chi connectivity index (χ1n) is 22.2. The number of aliphatic carboxylic acids is 1. The zero-order chi connectivity index (χ0) is 49.0. The third kappa shape index (κ3) is 19.8. The van der Waals surface area contributed by atoms with Crippen molar-refractivity contribution in [3.8, 4) is 0 Å². The van der Waals surface area contributed by atoms with E-state index in [4.69, 9.17) is 5.73 Å². The van der Waals surface area contributed by atoms with E-state index in [2.05, 4.69) is 42.5 Å². The average Bonchev–Trinajstić information content (AvgIpc) is 3.21. The summed E-state index contributed by atoms with van der Waals surface area (Å²) in [5.74, 6) is -7.71. The number of hydrogen-bond donors (Lipinski definition) is 10. The molecule has 0 fully saturated rings. The molecule has 1 aromatic rings. The van der Waals surface area contributed by atoms with Crippen molar-refractivity contribution in [2.75, 3.05) is 6.54 Å². The number of nitrogens with one attached hydrogen (secondary N) is 8. The molecule has 19 heteroatoms. The van der Waals surface area contributed by atoms with Gasteiger partial charge in [-0.1, -0.05) is 106 Å². The molecule has 0 saturated carbocycles. The Kier molecular flexibility index (Phi) is 24.3. The summed E-state index contributed by atoms with van der Waals surface area (Å²) in [6.07, 6.45) is 1.16. The minimum absolute atomic E-state index is 0.0166. The predicted octanol–water partition coefficient (Wildman–Crippen LogP) is 0.641. The smallest absolute Gasteiger partial charge is 0.326 e. The van der Waals surface area contributed by atoms with Crippen LogP contribution in [0.1, 0.15) is 108 Å². The van der Waals surface area contributed by atoms with Gasteiger partial charge in [0.1, 0.15) is 42.3 Å². The van der Waals surface area contributed by atoms with E-state index in [1.54, 1.807) is 71.9 Å². The molecule has 0 spiro atoms. The molecule has 9 atom stereocenters. The number of carbonyl (C=O) groups excluding carboxylic acids is 8. The van der Waals surface area contributed by atoms with E-state index in [-0.39, 0.29) is 24.7 Å². The molecule has 0 aliphatic carbocycles. The highest BCUT2D eigenvalue weighted by atomic mass is 16.4. The van der Waals surface area contributed by atoms with Gasteiger partial charge in [-0.25, -0.2) is 4.79 Å². The third-order valence-electron chi connectivity index (χ3n) is 10.5. The molecule has 0 aliphatic rings. The van der Waals surface area contributed by atoms with E-state index in [0.717, 1.165) is 0 Å². The molecule has 8 amide bonds. The summed E-state index contributed by atoms with van der Waals surface area (Å²) in [5, 5.41) is 30.2. The molecule has 1 rings (SSSR count). The SMILES string of the molecule is CC[C@H](C)[C@H](NC(=O)[C@H](C)NC(=O)[C@H](C)NC(=O)[C@@H](NC(=O)[C@H](CC(C)C)NC(=O)[C@@H](N)CC(C)C)C(C)C)C(=O)N[C@@H](Cc1ccccc1)C(=O)NCC(=O)N[C@H](C(=O)O)C(C)C. The number of carbonyl (C=O) groups is 9. The third-order valence-corrected chi connectivity index (χ3v) is 10.5. The number of benzene rings is 1. The van der Waals surface area contributed by atoms with Crippen LogP contribution in [0.3, 0.4) is 0 Å². The number of carboxylic acid groups (broad SMARTS) is 1. The zero-order valence-corrected chi connectivity index (χ0v) is 39.6. The first-order valence-corrected chi connectivity index (χ1v) is 22.2. The van der Waals surface area contributed by atoms with Gasteiger partial charge in [-0.05, 0) is 61.8 Å². The Bertz CT molecular complexity index is 1740. The van der Waals surface area contributed by atoms with Crippen LogP contribution in [0.15, 0.2) is 30.3 Å². The van der Waals surface area contributed by atoms with E-state index in [1.807, 2.05) is 27.7 Å². The van der Waals surface area contributed by atoms with Crippen molar-refractivity contribution < 1.29 is 48.3 Å². The van der Waals surface area contributed by atoms with Crippen LogP contribution in [0.5, 0.6) is 0 Å². The fourth-order valence-electron chi connectivity index (χ4n) is 6.49. The summed E-state index contributed by atoms with van der Waals surface area (Å²) in [7, 11) is 0. The van der Waals surface area contributed by atoms with Crippen molar-refractivity contribution in [3.05, 3.63) is 35.9 Å². The van der Waals surface area contributed by atoms with Gasteiger partial charge in [0.05, 0.1) is 12.6 Å². The first kappa shape index (κ1) is 56.4. The summed E-state index contributed by atoms with van der Waals surface area (Å²) >= 11 is 0. The summed E-state index contributed by atoms with van der Waals surface area (Å²) in [6.45, 7) is 20.1. The number of nitrogens with two attached hydrogens (primary N) is 1. The molecule has 0 radical (unpaired) electrons. The number of amides is 8. The summed E-state index contributed by atoms with van der Waals surface area (Å²) in [4.78, 5) is 118. The van der Waals surface area contributed by atoms with E-state index in [1.165, 1.54) is 13.8 Å². The summed E-state index contributed by atoms with van der Waals surface area (Å²) in [6, 6.07) is -0.0140. The summed E-state index contributed by atoms with van der Waals surface area (Å²) in [5.41, 5.74) is 6.74. The van der Waals surface area contributed by atoms with Gasteiger partial charge >= 0.3 is 5.97 Å². The normalized spacial score (nSPS) is 15.6. The van der Waals surface area contributed by atoms with Crippen LogP contribution in [0.4, 0.5) is 0 Å². The standard InChI is InChI=1S/C45H75N9O10/c1-13-27(10)37(44(62)51-33(21-30-17-15-14-16-18-30)41(59)47-22-34(55)52-36(26(8)9)45(63)64)54-39(57)29(12)48-38(56)28(11)49-43(61)35(25(6)7)53-42(60)32(20-24(4)5)50-40(58)31(46)19-23(2)3/h14-18,23-29,31-33,35-37H,13,19-22,46H2,1-12H3,(H,47,59)(H,48,56)(H,49,61)(H,50,58)(H,51,62)(H,52,55)(H,53,60)(H,54,57)(H,63,64)/t27-,28-,29-,31-,32-,33-,35-,36-,37-/m0/s1. The molecule has 360 valence electrons. The summed E-state index contributed by atoms with van der Waals surface area (Å²) < 4.78 is 0. The Morgan fingerprint density at radius 1 is 0.531 bits per heavy atom. The highest BCUT2D eigenvalue weighted by Crippen LogP contribution is 2.13. The Morgan fingerprint density at radius 2 is 1.02 bits per heavy atom. The lowest BCUT2D eigenvalue weighted by atomic mass is 9.96. The van der Waals surface area contributed by atoms with Crippen molar-refractivity contribution in [2.45, 2.75) is 157 Å². The van der Waals surface area contributed by atoms with Crippen LogP contribution in [0, 0.1) is 29.6 Å². The molecule has 0 heterocycles. The van der Waals surface area contributed by atoms with E-state index in [0.29, 0.717) is 18.4 Å². The van der Waals surface area contributed by atoms with Gasteiger partial charge in [0.25, 0.3) is 0 Å². The molecular formula is C45H75N9O10. The number of carboxylic acids is 1. The van der Waals surface area contributed by atoms with Gasteiger partial charge in [-0.15, -0.1) is 0 Å². The van der Waals surface area contributed by atoms with Crippen LogP contribution in [0.25, 0.3) is 0 Å². The second-order valence-corrected chi connectivity index (χ2v) is 18.1. The van der Waals surface area contributed by atoms with Gasteiger partial charge in [-0.2, -0.15) is 0 Å². The Hall–Kier alpha value is -5.59. The lowest BCUT2D eigenvalue weighted by Crippen LogP contribution is -2.60. The molecule has 0 bridgehead atoms. The molecular weight excluding hydrogens is 827 g/mol. The van der Waals surface area contributed by atoms with Gasteiger partial charge in [-0.3, -0.25) is 38.4 Å². The Morgan fingerprint density at radius 3 is 1.52 bits per heavy atom. The lowest BCUT2D eigenvalue weighted by molar-refractivity contribution is -0.143. The Balaban J connectivity index is 3.08. The highest BCUT2D eigenvalue weighted by molar-refractivity contribution is 5.97. The average molecular weight is 902 g/mol. The number of rotatable bonds is 27. The zero-order valence-electron chi connectivity index (χ0n) is 39.6. The minimum Gasteiger partial charge on any atom is -0.480 e. The minimum atomic E-state index is -1.23.